The number of rotatable bonds is 6. The van der Waals surface area contributed by atoms with Crippen molar-refractivity contribution in [1.29, 1.82) is 0 Å². The third-order valence-corrected chi connectivity index (χ3v) is 8.40. The number of hydrogen-bond donors (Lipinski definition) is 1. The molecule has 0 radical (unpaired) electrons. The maximum Gasteiger partial charge on any atom is 0.338 e. The van der Waals surface area contributed by atoms with E-state index in [0.717, 1.165) is 35.7 Å². The van der Waals surface area contributed by atoms with E-state index in [0.29, 0.717) is 29.8 Å². The molecule has 2 aromatic carbocycles. The molecule has 0 spiro atoms. The summed E-state index contributed by atoms with van der Waals surface area (Å²) < 4.78 is 31.2. The van der Waals surface area contributed by atoms with Crippen LogP contribution in [0.4, 0.5) is 5.69 Å². The second kappa shape index (κ2) is 8.33. The van der Waals surface area contributed by atoms with Gasteiger partial charge in [-0.2, -0.15) is 0 Å². The smallest absolute Gasteiger partial charge is 0.338 e. The molecular weight excluding hydrogens is 440 g/mol. The van der Waals surface area contributed by atoms with Crippen molar-refractivity contribution in [2.24, 2.45) is 0 Å². The van der Waals surface area contributed by atoms with E-state index in [1.54, 1.807) is 31.2 Å². The van der Waals surface area contributed by atoms with Crippen molar-refractivity contribution < 1.29 is 22.7 Å². The van der Waals surface area contributed by atoms with Gasteiger partial charge in [0.15, 0.2) is 12.4 Å². The van der Waals surface area contributed by atoms with Gasteiger partial charge in [0.05, 0.1) is 17.0 Å². The molecule has 172 valence electrons. The Morgan fingerprint density at radius 3 is 2.64 bits per heavy atom. The van der Waals surface area contributed by atoms with Crippen LogP contribution in [0.5, 0.6) is 0 Å². The van der Waals surface area contributed by atoms with E-state index in [2.05, 4.69) is 4.98 Å². The van der Waals surface area contributed by atoms with Gasteiger partial charge in [0.25, 0.3) is 0 Å². The van der Waals surface area contributed by atoms with Crippen LogP contribution in [-0.2, 0) is 34.0 Å². The van der Waals surface area contributed by atoms with Gasteiger partial charge in [-0.05, 0) is 86.6 Å². The molecule has 0 saturated carbocycles. The number of Topliss-reactive ketones (excluding diaryl/α,β-unsaturated/α-hetero) is 1. The number of aromatic amines is 1. The van der Waals surface area contributed by atoms with Crippen LogP contribution in [0.25, 0.3) is 10.9 Å². The van der Waals surface area contributed by atoms with E-state index in [9.17, 15) is 18.0 Å². The Labute approximate surface area is 192 Å². The monoisotopic (exact) mass is 466 g/mol. The SMILES string of the molecule is CCS(=O)(=O)N1CCc2cc(C(=O)COC(=O)c3ccc4[nH]c5c(c4c3)CCCC5)ccc21. The van der Waals surface area contributed by atoms with Gasteiger partial charge in [0, 0.05) is 28.7 Å². The Morgan fingerprint density at radius 2 is 1.82 bits per heavy atom. The number of H-pyrrole nitrogens is 1. The molecule has 0 fully saturated rings. The number of nitrogens with zero attached hydrogens (tertiary/aromatic N) is 1. The summed E-state index contributed by atoms with van der Waals surface area (Å²) in [6.07, 6.45) is 4.90. The summed E-state index contributed by atoms with van der Waals surface area (Å²) in [7, 11) is -3.34. The van der Waals surface area contributed by atoms with Crippen LogP contribution in [0, 0.1) is 0 Å². The van der Waals surface area contributed by atoms with E-state index >= 15 is 0 Å². The number of nitrogens with one attached hydrogen (secondary N) is 1. The summed E-state index contributed by atoms with van der Waals surface area (Å²) >= 11 is 0. The largest absolute Gasteiger partial charge is 0.454 e. The predicted octanol–water partition coefficient (Wildman–Crippen LogP) is 3.80. The van der Waals surface area contributed by atoms with Crippen molar-refractivity contribution in [1.82, 2.24) is 4.98 Å². The van der Waals surface area contributed by atoms with Crippen LogP contribution in [0.2, 0.25) is 0 Å². The summed E-state index contributed by atoms with van der Waals surface area (Å²) in [5.74, 6) is -0.819. The van der Waals surface area contributed by atoms with Crippen LogP contribution in [0.1, 0.15) is 57.3 Å². The molecule has 1 aliphatic heterocycles. The highest BCUT2D eigenvalue weighted by molar-refractivity contribution is 7.92. The quantitative estimate of drug-likeness (QED) is 0.440. The minimum atomic E-state index is -3.34. The average molecular weight is 467 g/mol. The van der Waals surface area contributed by atoms with Gasteiger partial charge in [-0.3, -0.25) is 9.10 Å². The maximum atomic E-state index is 12.7. The maximum absolute atomic E-state index is 12.7. The number of benzene rings is 2. The molecule has 1 N–H and O–H groups in total. The molecular formula is C25H26N2O5S. The molecule has 0 saturated heterocycles. The van der Waals surface area contributed by atoms with Crippen LogP contribution < -0.4 is 4.31 Å². The lowest BCUT2D eigenvalue weighted by molar-refractivity contribution is 0.0475. The van der Waals surface area contributed by atoms with E-state index in [4.69, 9.17) is 4.74 Å². The second-order valence-electron chi connectivity index (χ2n) is 8.62. The number of fused-ring (bicyclic) bond motifs is 4. The van der Waals surface area contributed by atoms with Crippen molar-refractivity contribution >= 4 is 38.4 Å². The average Bonchev–Trinajstić information content (AvgIpc) is 3.43. The summed E-state index contributed by atoms with van der Waals surface area (Å²) in [6.45, 7) is 1.63. The molecule has 1 aliphatic carbocycles. The summed E-state index contributed by atoms with van der Waals surface area (Å²) in [6, 6.07) is 10.4. The zero-order chi connectivity index (χ0) is 23.2. The Hall–Kier alpha value is -3.13. The first-order valence-corrected chi connectivity index (χ1v) is 13.0. The van der Waals surface area contributed by atoms with Crippen LogP contribution in [0.15, 0.2) is 36.4 Å². The summed E-state index contributed by atoms with van der Waals surface area (Å²) in [5.41, 5.74) is 5.81. The second-order valence-corrected chi connectivity index (χ2v) is 10.8. The zero-order valence-electron chi connectivity index (χ0n) is 18.5. The van der Waals surface area contributed by atoms with Crippen molar-refractivity contribution in [3.05, 3.63) is 64.3 Å². The molecule has 5 rings (SSSR count). The van der Waals surface area contributed by atoms with Crippen LogP contribution in [-0.4, -0.2) is 44.1 Å². The van der Waals surface area contributed by atoms with Crippen LogP contribution in [0.3, 0.4) is 0 Å². The number of aryl methyl sites for hydroxylation is 2. The Kier molecular flexibility index (Phi) is 5.48. The number of aromatic nitrogens is 1. The van der Waals surface area contributed by atoms with Crippen molar-refractivity contribution in [2.75, 3.05) is 23.2 Å². The predicted molar refractivity (Wildman–Crippen MR) is 127 cm³/mol. The molecule has 0 atom stereocenters. The number of ether oxygens (including phenoxy) is 1. The number of carbonyl (C=O) groups excluding carboxylic acids is 2. The highest BCUT2D eigenvalue weighted by Crippen LogP contribution is 2.32. The standard InChI is InChI=1S/C25H26N2O5S/c1-2-33(30,31)27-12-11-16-13-17(8-10-23(16)27)24(28)15-32-25(29)18-7-9-22-20(14-18)19-5-3-4-6-21(19)26-22/h7-10,13-14,26H,2-6,11-12,15H2,1H3. The summed E-state index contributed by atoms with van der Waals surface area (Å²) in [5, 5.41) is 1.05. The van der Waals surface area contributed by atoms with Gasteiger partial charge in [-0.1, -0.05) is 0 Å². The van der Waals surface area contributed by atoms with E-state index in [-0.39, 0.29) is 18.1 Å². The van der Waals surface area contributed by atoms with Crippen molar-refractivity contribution in [2.45, 2.75) is 39.0 Å². The number of ketones is 1. The topological polar surface area (TPSA) is 96.5 Å². The van der Waals surface area contributed by atoms with Crippen molar-refractivity contribution in [3.8, 4) is 0 Å². The molecule has 33 heavy (non-hydrogen) atoms. The number of anilines is 1. The number of hydrogen-bond acceptors (Lipinski definition) is 5. The normalized spacial score (nSPS) is 15.4. The molecule has 0 unspecified atom stereocenters. The molecule has 2 aliphatic rings. The molecule has 8 heteroatoms. The number of sulfonamides is 1. The minimum absolute atomic E-state index is 0.0282. The van der Waals surface area contributed by atoms with E-state index in [1.807, 2.05) is 12.1 Å². The lowest BCUT2D eigenvalue weighted by Crippen LogP contribution is -2.30. The first-order chi connectivity index (χ1) is 15.9. The van der Waals surface area contributed by atoms with Crippen molar-refractivity contribution in [3.63, 3.8) is 0 Å². The highest BCUT2D eigenvalue weighted by atomic mass is 32.2. The fourth-order valence-electron chi connectivity index (χ4n) is 4.82. The summed E-state index contributed by atoms with van der Waals surface area (Å²) in [4.78, 5) is 28.7. The molecule has 0 bridgehead atoms. The van der Waals surface area contributed by atoms with Gasteiger partial charge in [-0.15, -0.1) is 0 Å². The Morgan fingerprint density at radius 1 is 1.03 bits per heavy atom. The first kappa shape index (κ1) is 21.7. The third kappa shape index (κ3) is 3.93. The lowest BCUT2D eigenvalue weighted by Gasteiger charge is -2.18. The molecule has 7 nitrogen and oxygen atoms in total. The van der Waals surface area contributed by atoms with E-state index < -0.39 is 16.0 Å². The van der Waals surface area contributed by atoms with Gasteiger partial charge in [0.1, 0.15) is 0 Å². The third-order valence-electron chi connectivity index (χ3n) is 6.62. The highest BCUT2D eigenvalue weighted by Gasteiger charge is 2.28. The minimum Gasteiger partial charge on any atom is -0.454 e. The Balaban J connectivity index is 1.28. The molecule has 2 heterocycles. The molecule has 0 amide bonds. The first-order valence-electron chi connectivity index (χ1n) is 11.3. The fraction of sp³-hybridized carbons (Fsp3) is 0.360. The molecule has 3 aromatic rings. The van der Waals surface area contributed by atoms with Gasteiger partial charge in [0.2, 0.25) is 10.0 Å². The van der Waals surface area contributed by atoms with Gasteiger partial charge in [-0.25, -0.2) is 13.2 Å². The van der Waals surface area contributed by atoms with Gasteiger partial charge < -0.3 is 9.72 Å². The van der Waals surface area contributed by atoms with Gasteiger partial charge >= 0.3 is 5.97 Å². The zero-order valence-corrected chi connectivity index (χ0v) is 19.3. The number of carbonyl (C=O) groups is 2. The van der Waals surface area contributed by atoms with Crippen LogP contribution >= 0.6 is 0 Å². The lowest BCUT2D eigenvalue weighted by atomic mass is 9.95. The molecule has 1 aromatic heterocycles. The fourth-order valence-corrected chi connectivity index (χ4v) is 5.98. The number of esters is 1. The Bertz CT molecular complexity index is 1370. The van der Waals surface area contributed by atoms with E-state index in [1.165, 1.54) is 22.0 Å².